The number of carbonyl (C=O) groups excluding carboxylic acids is 1. The number of anilines is 1. The Morgan fingerprint density at radius 2 is 2.05 bits per heavy atom. The number of carbonyl (C=O) groups is 1. The van der Waals surface area contributed by atoms with Gasteiger partial charge in [0.25, 0.3) is 0 Å². The molecule has 1 aromatic carbocycles. The lowest BCUT2D eigenvalue weighted by Crippen LogP contribution is -2.09. The van der Waals surface area contributed by atoms with Crippen LogP contribution in [0.25, 0.3) is 0 Å². The SMILES string of the molecule is CCOC(=O)Cc1nc(CCNc2ccc(CC)cc2)n[nH]1. The number of H-pyrrole nitrogens is 1. The second kappa shape index (κ2) is 8.17. The number of rotatable bonds is 8. The van der Waals surface area contributed by atoms with Crippen LogP contribution in [0.2, 0.25) is 0 Å². The van der Waals surface area contributed by atoms with E-state index in [1.165, 1.54) is 5.56 Å². The molecule has 0 aliphatic rings. The van der Waals surface area contributed by atoms with E-state index in [1.807, 2.05) is 0 Å². The average Bonchev–Trinajstić information content (AvgIpc) is 2.95. The highest BCUT2D eigenvalue weighted by atomic mass is 16.5. The van der Waals surface area contributed by atoms with Gasteiger partial charge in [-0.15, -0.1) is 0 Å². The summed E-state index contributed by atoms with van der Waals surface area (Å²) < 4.78 is 4.87. The Morgan fingerprint density at radius 1 is 1.27 bits per heavy atom. The third-order valence-electron chi connectivity index (χ3n) is 3.24. The number of esters is 1. The summed E-state index contributed by atoms with van der Waals surface area (Å²) in [6.45, 7) is 5.03. The van der Waals surface area contributed by atoms with Crippen molar-refractivity contribution in [1.29, 1.82) is 0 Å². The minimum Gasteiger partial charge on any atom is -0.466 e. The average molecular weight is 302 g/mol. The lowest BCUT2D eigenvalue weighted by Gasteiger charge is -2.05. The summed E-state index contributed by atoms with van der Waals surface area (Å²) in [4.78, 5) is 15.6. The molecule has 6 nitrogen and oxygen atoms in total. The minimum absolute atomic E-state index is 0.132. The fourth-order valence-electron chi connectivity index (χ4n) is 2.05. The molecule has 1 heterocycles. The van der Waals surface area contributed by atoms with Gasteiger partial charge in [-0.1, -0.05) is 19.1 Å². The van der Waals surface area contributed by atoms with Crippen molar-refractivity contribution in [1.82, 2.24) is 15.2 Å². The monoisotopic (exact) mass is 302 g/mol. The fourth-order valence-corrected chi connectivity index (χ4v) is 2.05. The van der Waals surface area contributed by atoms with Crippen LogP contribution in [-0.4, -0.2) is 34.3 Å². The molecule has 0 saturated heterocycles. The van der Waals surface area contributed by atoms with Gasteiger partial charge < -0.3 is 10.1 Å². The van der Waals surface area contributed by atoms with Crippen molar-refractivity contribution in [3.8, 4) is 0 Å². The summed E-state index contributed by atoms with van der Waals surface area (Å²) >= 11 is 0. The predicted octanol–water partition coefficient (Wildman–Crippen LogP) is 2.13. The molecule has 2 N–H and O–H groups in total. The quantitative estimate of drug-likeness (QED) is 0.730. The van der Waals surface area contributed by atoms with Crippen molar-refractivity contribution in [3.05, 3.63) is 41.5 Å². The van der Waals surface area contributed by atoms with Gasteiger partial charge >= 0.3 is 5.97 Å². The number of hydrogen-bond acceptors (Lipinski definition) is 5. The third-order valence-corrected chi connectivity index (χ3v) is 3.24. The maximum absolute atomic E-state index is 11.4. The van der Waals surface area contributed by atoms with Gasteiger partial charge in [-0.3, -0.25) is 9.89 Å². The number of hydrogen-bond donors (Lipinski definition) is 2. The Balaban J connectivity index is 1.77. The first-order chi connectivity index (χ1) is 10.7. The number of nitrogens with zero attached hydrogens (tertiary/aromatic N) is 2. The molecule has 2 aromatic rings. The van der Waals surface area contributed by atoms with Crippen molar-refractivity contribution in [2.24, 2.45) is 0 Å². The van der Waals surface area contributed by atoms with Gasteiger partial charge in [-0.05, 0) is 31.0 Å². The molecular weight excluding hydrogens is 280 g/mol. The van der Waals surface area contributed by atoms with E-state index in [9.17, 15) is 4.79 Å². The second-order valence-electron chi connectivity index (χ2n) is 4.91. The van der Waals surface area contributed by atoms with Crippen LogP contribution in [0.4, 0.5) is 5.69 Å². The fraction of sp³-hybridized carbons (Fsp3) is 0.438. The van der Waals surface area contributed by atoms with E-state index in [2.05, 4.69) is 51.7 Å². The lowest BCUT2D eigenvalue weighted by atomic mass is 10.1. The zero-order valence-corrected chi connectivity index (χ0v) is 13.1. The zero-order valence-electron chi connectivity index (χ0n) is 13.1. The van der Waals surface area contributed by atoms with E-state index in [4.69, 9.17) is 4.74 Å². The second-order valence-corrected chi connectivity index (χ2v) is 4.91. The minimum atomic E-state index is -0.292. The number of ether oxygens (including phenoxy) is 1. The van der Waals surface area contributed by atoms with Crippen molar-refractivity contribution in [2.45, 2.75) is 33.1 Å². The summed E-state index contributed by atoms with van der Waals surface area (Å²) in [6.07, 6.45) is 1.86. The van der Waals surface area contributed by atoms with E-state index in [1.54, 1.807) is 6.92 Å². The van der Waals surface area contributed by atoms with Gasteiger partial charge in [0.1, 0.15) is 12.2 Å². The molecule has 0 spiro atoms. The van der Waals surface area contributed by atoms with Gasteiger partial charge in [0.2, 0.25) is 0 Å². The molecule has 118 valence electrons. The first kappa shape index (κ1) is 16.0. The summed E-state index contributed by atoms with van der Waals surface area (Å²) in [5.41, 5.74) is 2.41. The molecule has 0 aliphatic carbocycles. The molecule has 1 aromatic heterocycles. The Labute approximate surface area is 130 Å². The molecule has 0 bridgehead atoms. The van der Waals surface area contributed by atoms with Crippen LogP contribution >= 0.6 is 0 Å². The summed E-state index contributed by atoms with van der Waals surface area (Å²) in [7, 11) is 0. The van der Waals surface area contributed by atoms with E-state index >= 15 is 0 Å². The third kappa shape index (κ3) is 4.87. The van der Waals surface area contributed by atoms with Gasteiger partial charge in [-0.2, -0.15) is 5.10 Å². The molecule has 0 aliphatic heterocycles. The highest BCUT2D eigenvalue weighted by Crippen LogP contribution is 2.09. The van der Waals surface area contributed by atoms with Crippen molar-refractivity contribution in [2.75, 3.05) is 18.5 Å². The van der Waals surface area contributed by atoms with E-state index < -0.39 is 0 Å². The number of aromatic amines is 1. The molecule has 0 fully saturated rings. The number of aromatic nitrogens is 3. The molecule has 6 heteroatoms. The topological polar surface area (TPSA) is 79.9 Å². The Bertz CT molecular complexity index is 592. The summed E-state index contributed by atoms with van der Waals surface area (Å²) in [5.74, 6) is 0.942. The van der Waals surface area contributed by atoms with Crippen molar-refractivity contribution >= 4 is 11.7 Å². The van der Waals surface area contributed by atoms with E-state index in [0.717, 1.165) is 18.7 Å². The largest absolute Gasteiger partial charge is 0.466 e. The molecule has 0 radical (unpaired) electrons. The zero-order chi connectivity index (χ0) is 15.8. The standard InChI is InChI=1S/C16H22N4O2/c1-3-12-5-7-13(8-6-12)17-10-9-14-18-15(20-19-14)11-16(21)22-4-2/h5-8,17H,3-4,9-11H2,1-2H3,(H,18,19,20). The van der Waals surface area contributed by atoms with Crippen LogP contribution < -0.4 is 5.32 Å². The molecule has 22 heavy (non-hydrogen) atoms. The number of nitrogens with one attached hydrogen (secondary N) is 2. The van der Waals surface area contributed by atoms with Crippen molar-refractivity contribution in [3.63, 3.8) is 0 Å². The van der Waals surface area contributed by atoms with Gasteiger partial charge in [0.05, 0.1) is 6.61 Å². The first-order valence-corrected chi connectivity index (χ1v) is 7.59. The lowest BCUT2D eigenvalue weighted by molar-refractivity contribution is -0.142. The van der Waals surface area contributed by atoms with Crippen LogP contribution in [0.5, 0.6) is 0 Å². The van der Waals surface area contributed by atoms with Gasteiger partial charge in [0.15, 0.2) is 5.82 Å². The van der Waals surface area contributed by atoms with E-state index in [0.29, 0.717) is 24.7 Å². The van der Waals surface area contributed by atoms with Gasteiger partial charge in [0, 0.05) is 18.7 Å². The Hall–Kier alpha value is -2.37. The Morgan fingerprint density at radius 3 is 2.73 bits per heavy atom. The molecule has 0 amide bonds. The number of benzene rings is 1. The normalized spacial score (nSPS) is 10.5. The smallest absolute Gasteiger partial charge is 0.313 e. The maximum atomic E-state index is 11.4. The predicted molar refractivity (Wildman–Crippen MR) is 84.7 cm³/mol. The number of aryl methyl sites for hydroxylation is 1. The van der Waals surface area contributed by atoms with Crippen LogP contribution in [0.3, 0.4) is 0 Å². The Kier molecular flexibility index (Phi) is 5.94. The highest BCUT2D eigenvalue weighted by molar-refractivity contribution is 5.71. The highest BCUT2D eigenvalue weighted by Gasteiger charge is 2.09. The molecule has 2 rings (SSSR count). The molecule has 0 atom stereocenters. The molecule has 0 unspecified atom stereocenters. The van der Waals surface area contributed by atoms with Crippen LogP contribution in [-0.2, 0) is 28.8 Å². The molecule has 0 saturated carbocycles. The van der Waals surface area contributed by atoms with Crippen molar-refractivity contribution < 1.29 is 9.53 Å². The van der Waals surface area contributed by atoms with Crippen LogP contribution in [0, 0.1) is 0 Å². The summed E-state index contributed by atoms with van der Waals surface area (Å²) in [6, 6.07) is 8.38. The van der Waals surface area contributed by atoms with Gasteiger partial charge in [-0.25, -0.2) is 4.98 Å². The summed E-state index contributed by atoms with van der Waals surface area (Å²) in [5, 5.41) is 10.2. The van der Waals surface area contributed by atoms with E-state index in [-0.39, 0.29) is 12.4 Å². The maximum Gasteiger partial charge on any atom is 0.313 e. The first-order valence-electron chi connectivity index (χ1n) is 7.59. The molecular formula is C16H22N4O2. The van der Waals surface area contributed by atoms with Crippen LogP contribution in [0.15, 0.2) is 24.3 Å². The van der Waals surface area contributed by atoms with Crippen LogP contribution in [0.1, 0.15) is 31.1 Å².